The molecule has 6 nitrogen and oxygen atoms in total. The minimum atomic E-state index is 0.104. The molecule has 0 aliphatic carbocycles. The number of nitrogens with two attached hydrogens (primary N) is 1. The van der Waals surface area contributed by atoms with E-state index in [0.717, 1.165) is 18.8 Å². The van der Waals surface area contributed by atoms with Gasteiger partial charge in [-0.2, -0.15) is 0 Å². The van der Waals surface area contributed by atoms with E-state index in [-0.39, 0.29) is 6.10 Å². The quantitative estimate of drug-likeness (QED) is 0.775. The van der Waals surface area contributed by atoms with Crippen molar-refractivity contribution >= 4 is 11.4 Å². The van der Waals surface area contributed by atoms with Crippen molar-refractivity contribution in [2.75, 3.05) is 17.6 Å². The molecule has 0 aliphatic rings. The second-order valence-corrected chi connectivity index (χ2v) is 4.51. The monoisotopic (exact) mass is 261 g/mol. The van der Waals surface area contributed by atoms with Crippen molar-refractivity contribution in [3.05, 3.63) is 30.6 Å². The van der Waals surface area contributed by atoms with E-state index < -0.39 is 0 Å². The molecule has 3 N–H and O–H groups in total. The highest BCUT2D eigenvalue weighted by Crippen LogP contribution is 2.26. The van der Waals surface area contributed by atoms with E-state index in [1.165, 1.54) is 0 Å². The minimum Gasteiger partial charge on any atom is -0.489 e. The Hall–Kier alpha value is -2.24. The zero-order valence-electron chi connectivity index (χ0n) is 11.2. The van der Waals surface area contributed by atoms with Gasteiger partial charge in [-0.1, -0.05) is 5.21 Å². The van der Waals surface area contributed by atoms with Gasteiger partial charge in [0.1, 0.15) is 5.75 Å². The van der Waals surface area contributed by atoms with Crippen LogP contribution in [0, 0.1) is 0 Å². The number of rotatable bonds is 6. The van der Waals surface area contributed by atoms with E-state index in [1.54, 1.807) is 10.9 Å². The average molecular weight is 261 g/mol. The second kappa shape index (κ2) is 6.08. The topological polar surface area (TPSA) is 78.0 Å². The van der Waals surface area contributed by atoms with Crippen molar-refractivity contribution in [1.29, 1.82) is 0 Å². The van der Waals surface area contributed by atoms with Crippen molar-refractivity contribution in [3.63, 3.8) is 0 Å². The van der Waals surface area contributed by atoms with Gasteiger partial charge in [0, 0.05) is 24.5 Å². The van der Waals surface area contributed by atoms with E-state index in [2.05, 4.69) is 15.6 Å². The number of nitrogen functional groups attached to an aromatic ring is 1. The van der Waals surface area contributed by atoms with Crippen LogP contribution in [0.15, 0.2) is 30.6 Å². The maximum Gasteiger partial charge on any atom is 0.144 e. The standard InChI is InChI=1S/C13H19N5O/c1-10(2)19-13-9-11(3-4-12(13)14)15-5-7-18-8-6-16-17-18/h3-4,6,8-10,15H,5,7,14H2,1-2H3. The fraction of sp³-hybridized carbons (Fsp3) is 0.385. The number of ether oxygens (including phenoxy) is 1. The Labute approximate surface area is 112 Å². The van der Waals surface area contributed by atoms with Crippen LogP contribution in [-0.2, 0) is 6.54 Å². The van der Waals surface area contributed by atoms with Gasteiger partial charge in [0.05, 0.1) is 24.5 Å². The third-order valence-corrected chi connectivity index (χ3v) is 2.52. The zero-order valence-corrected chi connectivity index (χ0v) is 11.2. The van der Waals surface area contributed by atoms with E-state index in [9.17, 15) is 0 Å². The first-order valence-corrected chi connectivity index (χ1v) is 6.29. The lowest BCUT2D eigenvalue weighted by molar-refractivity contribution is 0.244. The summed E-state index contributed by atoms with van der Waals surface area (Å²) in [6.45, 7) is 5.47. The number of benzene rings is 1. The molecule has 1 aromatic heterocycles. The highest BCUT2D eigenvalue weighted by molar-refractivity contribution is 5.61. The van der Waals surface area contributed by atoms with Gasteiger partial charge in [-0.05, 0) is 26.0 Å². The lowest BCUT2D eigenvalue weighted by atomic mass is 10.2. The van der Waals surface area contributed by atoms with E-state index >= 15 is 0 Å². The Bertz CT molecular complexity index is 510. The van der Waals surface area contributed by atoms with Crippen LogP contribution in [0.2, 0.25) is 0 Å². The molecule has 0 bridgehead atoms. The predicted molar refractivity (Wildman–Crippen MR) is 75.1 cm³/mol. The molecule has 1 aromatic carbocycles. The van der Waals surface area contributed by atoms with Gasteiger partial charge in [-0.25, -0.2) is 0 Å². The Kier molecular flexibility index (Phi) is 4.22. The van der Waals surface area contributed by atoms with Crippen molar-refractivity contribution in [2.45, 2.75) is 26.5 Å². The van der Waals surface area contributed by atoms with Gasteiger partial charge in [-0.3, -0.25) is 4.68 Å². The number of aromatic nitrogens is 3. The summed E-state index contributed by atoms with van der Waals surface area (Å²) in [7, 11) is 0. The number of nitrogens with zero attached hydrogens (tertiary/aromatic N) is 3. The number of anilines is 2. The molecule has 0 radical (unpaired) electrons. The first-order valence-electron chi connectivity index (χ1n) is 6.29. The summed E-state index contributed by atoms with van der Waals surface area (Å²) < 4.78 is 7.42. The number of nitrogens with one attached hydrogen (secondary N) is 1. The molecule has 0 aliphatic heterocycles. The SMILES string of the molecule is CC(C)Oc1cc(NCCn2ccnn2)ccc1N. The van der Waals surface area contributed by atoms with Crippen molar-refractivity contribution in [3.8, 4) is 5.75 Å². The van der Waals surface area contributed by atoms with Crippen molar-refractivity contribution < 1.29 is 4.74 Å². The highest BCUT2D eigenvalue weighted by Gasteiger charge is 2.04. The van der Waals surface area contributed by atoms with Gasteiger partial charge in [0.25, 0.3) is 0 Å². The molecular weight excluding hydrogens is 242 g/mol. The largest absolute Gasteiger partial charge is 0.489 e. The smallest absolute Gasteiger partial charge is 0.144 e. The molecule has 0 fully saturated rings. The van der Waals surface area contributed by atoms with Crippen LogP contribution in [0.4, 0.5) is 11.4 Å². The van der Waals surface area contributed by atoms with E-state index in [1.807, 2.05) is 38.2 Å². The van der Waals surface area contributed by atoms with Crippen LogP contribution in [0.5, 0.6) is 5.75 Å². The fourth-order valence-corrected chi connectivity index (χ4v) is 1.67. The lowest BCUT2D eigenvalue weighted by Crippen LogP contribution is -2.12. The molecule has 0 atom stereocenters. The van der Waals surface area contributed by atoms with E-state index in [0.29, 0.717) is 11.4 Å². The molecule has 1 heterocycles. The fourth-order valence-electron chi connectivity index (χ4n) is 1.67. The molecule has 19 heavy (non-hydrogen) atoms. The normalized spacial score (nSPS) is 10.7. The third-order valence-electron chi connectivity index (χ3n) is 2.52. The van der Waals surface area contributed by atoms with Crippen molar-refractivity contribution in [1.82, 2.24) is 15.0 Å². The van der Waals surface area contributed by atoms with Crippen LogP contribution in [0.25, 0.3) is 0 Å². The summed E-state index contributed by atoms with van der Waals surface area (Å²) in [4.78, 5) is 0. The summed E-state index contributed by atoms with van der Waals surface area (Å²) in [5.41, 5.74) is 7.49. The average Bonchev–Trinajstić information content (AvgIpc) is 2.86. The van der Waals surface area contributed by atoms with Crippen LogP contribution < -0.4 is 15.8 Å². The summed E-state index contributed by atoms with van der Waals surface area (Å²) in [5.74, 6) is 0.709. The highest BCUT2D eigenvalue weighted by atomic mass is 16.5. The molecular formula is C13H19N5O. The van der Waals surface area contributed by atoms with Crippen LogP contribution in [-0.4, -0.2) is 27.6 Å². The summed E-state index contributed by atoms with van der Waals surface area (Å²) in [6.07, 6.45) is 3.60. The van der Waals surface area contributed by atoms with Crippen LogP contribution in [0.3, 0.4) is 0 Å². The molecule has 0 saturated carbocycles. The molecule has 2 rings (SSSR count). The maximum atomic E-state index is 5.87. The lowest BCUT2D eigenvalue weighted by Gasteiger charge is -2.14. The third kappa shape index (κ3) is 3.87. The Morgan fingerprint density at radius 2 is 2.26 bits per heavy atom. The van der Waals surface area contributed by atoms with Crippen LogP contribution in [0.1, 0.15) is 13.8 Å². The maximum absolute atomic E-state index is 5.87. The Morgan fingerprint density at radius 1 is 1.42 bits per heavy atom. The van der Waals surface area contributed by atoms with Crippen LogP contribution >= 0.6 is 0 Å². The zero-order chi connectivity index (χ0) is 13.7. The molecule has 0 amide bonds. The number of hydrogen-bond donors (Lipinski definition) is 2. The predicted octanol–water partition coefficient (Wildman–Crippen LogP) is 1.76. The van der Waals surface area contributed by atoms with E-state index in [4.69, 9.17) is 10.5 Å². The van der Waals surface area contributed by atoms with Gasteiger partial charge < -0.3 is 15.8 Å². The minimum absolute atomic E-state index is 0.104. The molecule has 6 heteroatoms. The first kappa shape index (κ1) is 13.2. The van der Waals surface area contributed by atoms with Gasteiger partial charge in [0.2, 0.25) is 0 Å². The molecule has 102 valence electrons. The first-order chi connectivity index (χ1) is 9.15. The van der Waals surface area contributed by atoms with Gasteiger partial charge >= 0.3 is 0 Å². The van der Waals surface area contributed by atoms with Gasteiger partial charge in [0.15, 0.2) is 0 Å². The second-order valence-electron chi connectivity index (χ2n) is 4.51. The molecule has 0 saturated heterocycles. The summed E-state index contributed by atoms with van der Waals surface area (Å²) in [5, 5.41) is 11.0. The Morgan fingerprint density at radius 3 is 2.95 bits per heavy atom. The molecule has 0 unspecified atom stereocenters. The van der Waals surface area contributed by atoms with Crippen molar-refractivity contribution in [2.24, 2.45) is 0 Å². The number of hydrogen-bond acceptors (Lipinski definition) is 5. The molecule has 0 spiro atoms. The molecule has 2 aromatic rings. The Balaban J connectivity index is 1.93. The summed E-state index contributed by atoms with van der Waals surface area (Å²) >= 11 is 0. The summed E-state index contributed by atoms with van der Waals surface area (Å²) in [6, 6.07) is 5.69. The van der Waals surface area contributed by atoms with Gasteiger partial charge in [-0.15, -0.1) is 5.10 Å².